The van der Waals surface area contributed by atoms with Crippen molar-refractivity contribution in [2.45, 2.75) is 0 Å². The third kappa shape index (κ3) is 2.20. The molecule has 4 heteroatoms. The van der Waals surface area contributed by atoms with Crippen molar-refractivity contribution < 1.29 is 0 Å². The normalized spacial score (nSPS) is 10.9. The van der Waals surface area contributed by atoms with Crippen LogP contribution in [0.25, 0.3) is 12.2 Å². The predicted octanol–water partition coefficient (Wildman–Crippen LogP) is 2.63. The van der Waals surface area contributed by atoms with Gasteiger partial charge in [-0.3, -0.25) is 0 Å². The molecule has 2 rings (SSSR count). The van der Waals surface area contributed by atoms with Gasteiger partial charge in [-0.05, 0) is 23.8 Å². The number of aromatic nitrogens is 3. The number of rotatable bonds is 2. The summed E-state index contributed by atoms with van der Waals surface area (Å²) < 4.78 is 0. The van der Waals surface area contributed by atoms with Crippen molar-refractivity contribution >= 4 is 23.8 Å². The monoisotopic (exact) mass is 205 g/mol. The van der Waals surface area contributed by atoms with Gasteiger partial charge in [0.1, 0.15) is 5.69 Å². The Morgan fingerprint density at radius 3 is 2.57 bits per heavy atom. The zero-order valence-electron chi connectivity index (χ0n) is 7.31. The first kappa shape index (κ1) is 8.97. The first-order valence-corrected chi connectivity index (χ1v) is 4.52. The van der Waals surface area contributed by atoms with E-state index < -0.39 is 0 Å². The van der Waals surface area contributed by atoms with E-state index in [-0.39, 0.29) is 0 Å². The molecule has 0 aliphatic carbocycles. The van der Waals surface area contributed by atoms with Gasteiger partial charge in [0.15, 0.2) is 0 Å². The highest BCUT2D eigenvalue weighted by Gasteiger charge is 1.90. The maximum absolute atomic E-state index is 5.76. The lowest BCUT2D eigenvalue weighted by Gasteiger charge is -1.91. The SMILES string of the molecule is Clc1ccc(C=Cc2cn[nH]n2)cc1. The fourth-order valence-corrected chi connectivity index (χ4v) is 1.17. The number of nitrogens with zero attached hydrogens (tertiary/aromatic N) is 2. The molecule has 1 N–H and O–H groups in total. The molecule has 2 aromatic rings. The van der Waals surface area contributed by atoms with Gasteiger partial charge in [0.2, 0.25) is 0 Å². The molecule has 14 heavy (non-hydrogen) atoms. The van der Waals surface area contributed by atoms with Gasteiger partial charge in [-0.2, -0.15) is 15.4 Å². The first-order chi connectivity index (χ1) is 6.84. The molecule has 0 bridgehead atoms. The standard InChI is InChI=1S/C10H8ClN3/c11-9-4-1-8(2-5-9)3-6-10-7-12-14-13-10/h1-7H,(H,12,13,14). The highest BCUT2D eigenvalue weighted by molar-refractivity contribution is 6.30. The van der Waals surface area contributed by atoms with Crippen molar-refractivity contribution in [3.8, 4) is 0 Å². The Labute approximate surface area is 86.4 Å². The lowest BCUT2D eigenvalue weighted by Crippen LogP contribution is -1.72. The van der Waals surface area contributed by atoms with Crippen LogP contribution in [0.15, 0.2) is 30.5 Å². The summed E-state index contributed by atoms with van der Waals surface area (Å²) in [5.41, 5.74) is 1.89. The maximum Gasteiger partial charge on any atom is 0.105 e. The van der Waals surface area contributed by atoms with Crippen LogP contribution in [0.4, 0.5) is 0 Å². The predicted molar refractivity (Wildman–Crippen MR) is 56.8 cm³/mol. The van der Waals surface area contributed by atoms with Gasteiger partial charge in [0, 0.05) is 5.02 Å². The molecule has 1 heterocycles. The van der Waals surface area contributed by atoms with E-state index in [9.17, 15) is 0 Å². The number of benzene rings is 1. The minimum Gasteiger partial charge on any atom is -0.197 e. The molecule has 1 aromatic carbocycles. The van der Waals surface area contributed by atoms with Crippen molar-refractivity contribution in [3.05, 3.63) is 46.7 Å². The van der Waals surface area contributed by atoms with Gasteiger partial charge in [0.25, 0.3) is 0 Å². The number of aromatic amines is 1. The zero-order chi connectivity index (χ0) is 9.80. The molecule has 0 fully saturated rings. The second kappa shape index (κ2) is 4.07. The lowest BCUT2D eigenvalue weighted by atomic mass is 10.2. The van der Waals surface area contributed by atoms with Gasteiger partial charge < -0.3 is 0 Å². The van der Waals surface area contributed by atoms with Crippen molar-refractivity contribution in [2.75, 3.05) is 0 Å². The van der Waals surface area contributed by atoms with E-state index in [2.05, 4.69) is 15.4 Å². The Balaban J connectivity index is 2.15. The van der Waals surface area contributed by atoms with E-state index in [1.165, 1.54) is 0 Å². The van der Waals surface area contributed by atoms with E-state index in [1.807, 2.05) is 36.4 Å². The van der Waals surface area contributed by atoms with Gasteiger partial charge >= 0.3 is 0 Å². The minimum absolute atomic E-state index is 0.739. The highest BCUT2D eigenvalue weighted by atomic mass is 35.5. The molecule has 0 amide bonds. The van der Waals surface area contributed by atoms with E-state index in [0.717, 1.165) is 16.3 Å². The second-order valence-corrected chi connectivity index (χ2v) is 3.22. The first-order valence-electron chi connectivity index (χ1n) is 4.14. The fourth-order valence-electron chi connectivity index (χ4n) is 1.05. The van der Waals surface area contributed by atoms with Crippen LogP contribution in [-0.2, 0) is 0 Å². The molecular formula is C10H8ClN3. The van der Waals surface area contributed by atoms with Crippen LogP contribution in [0.5, 0.6) is 0 Å². The molecule has 0 saturated heterocycles. The topological polar surface area (TPSA) is 41.6 Å². The molecule has 0 saturated carbocycles. The summed E-state index contributed by atoms with van der Waals surface area (Å²) in [7, 11) is 0. The van der Waals surface area contributed by atoms with E-state index >= 15 is 0 Å². The Kier molecular flexibility index (Phi) is 2.60. The maximum atomic E-state index is 5.76. The quantitative estimate of drug-likeness (QED) is 0.819. The van der Waals surface area contributed by atoms with E-state index in [0.29, 0.717) is 0 Å². The van der Waals surface area contributed by atoms with Crippen LogP contribution in [0.2, 0.25) is 5.02 Å². The van der Waals surface area contributed by atoms with Gasteiger partial charge in [-0.25, -0.2) is 0 Å². The number of H-pyrrole nitrogens is 1. The molecule has 0 aliphatic heterocycles. The zero-order valence-corrected chi connectivity index (χ0v) is 8.07. The summed E-state index contributed by atoms with van der Waals surface area (Å²) in [5, 5.41) is 10.9. The Morgan fingerprint density at radius 1 is 1.14 bits per heavy atom. The number of nitrogens with one attached hydrogen (secondary N) is 1. The molecule has 0 aliphatic rings. The third-order valence-corrected chi connectivity index (χ3v) is 2.00. The van der Waals surface area contributed by atoms with Crippen molar-refractivity contribution in [3.63, 3.8) is 0 Å². The molecule has 0 radical (unpaired) electrons. The lowest BCUT2D eigenvalue weighted by molar-refractivity contribution is 0.937. The Morgan fingerprint density at radius 2 is 1.93 bits per heavy atom. The number of hydrogen-bond acceptors (Lipinski definition) is 2. The van der Waals surface area contributed by atoms with Crippen molar-refractivity contribution in [1.82, 2.24) is 15.4 Å². The van der Waals surface area contributed by atoms with Crippen molar-refractivity contribution in [1.29, 1.82) is 0 Å². The molecule has 1 aromatic heterocycles. The number of hydrogen-bond donors (Lipinski definition) is 1. The van der Waals surface area contributed by atoms with Gasteiger partial charge in [-0.1, -0.05) is 29.8 Å². The smallest absolute Gasteiger partial charge is 0.105 e. The third-order valence-electron chi connectivity index (χ3n) is 1.75. The summed E-state index contributed by atoms with van der Waals surface area (Å²) in [6, 6.07) is 7.59. The average Bonchev–Trinajstić information content (AvgIpc) is 2.70. The molecule has 70 valence electrons. The molecule has 0 atom stereocenters. The summed E-state index contributed by atoms with van der Waals surface area (Å²) in [6.07, 6.45) is 5.49. The molecule has 0 unspecified atom stereocenters. The molecular weight excluding hydrogens is 198 g/mol. The molecule has 3 nitrogen and oxygen atoms in total. The minimum atomic E-state index is 0.739. The Hall–Kier alpha value is -1.61. The summed E-state index contributed by atoms with van der Waals surface area (Å²) in [5.74, 6) is 0. The van der Waals surface area contributed by atoms with Gasteiger partial charge in [-0.15, -0.1) is 0 Å². The largest absolute Gasteiger partial charge is 0.197 e. The highest BCUT2D eigenvalue weighted by Crippen LogP contribution is 2.11. The average molecular weight is 206 g/mol. The van der Waals surface area contributed by atoms with Crippen LogP contribution in [0, 0.1) is 0 Å². The van der Waals surface area contributed by atoms with E-state index in [1.54, 1.807) is 6.20 Å². The Bertz CT molecular complexity index is 417. The van der Waals surface area contributed by atoms with Gasteiger partial charge in [0.05, 0.1) is 6.20 Å². The second-order valence-electron chi connectivity index (χ2n) is 2.78. The summed E-state index contributed by atoms with van der Waals surface area (Å²) in [6.45, 7) is 0. The van der Waals surface area contributed by atoms with Crippen LogP contribution >= 0.6 is 11.6 Å². The van der Waals surface area contributed by atoms with Crippen LogP contribution in [0.1, 0.15) is 11.3 Å². The van der Waals surface area contributed by atoms with Crippen LogP contribution < -0.4 is 0 Å². The van der Waals surface area contributed by atoms with E-state index in [4.69, 9.17) is 11.6 Å². The van der Waals surface area contributed by atoms with Crippen molar-refractivity contribution in [2.24, 2.45) is 0 Å². The van der Waals surface area contributed by atoms with Crippen LogP contribution in [-0.4, -0.2) is 15.4 Å². The summed E-state index contributed by atoms with van der Waals surface area (Å²) in [4.78, 5) is 0. The molecule has 0 spiro atoms. The number of halogens is 1. The van der Waals surface area contributed by atoms with Crippen LogP contribution in [0.3, 0.4) is 0 Å². The fraction of sp³-hybridized carbons (Fsp3) is 0. The summed E-state index contributed by atoms with van der Waals surface area (Å²) >= 11 is 5.76.